The van der Waals surface area contributed by atoms with E-state index < -0.39 is 9.84 Å². The van der Waals surface area contributed by atoms with Gasteiger partial charge >= 0.3 is 0 Å². The third-order valence-corrected chi connectivity index (χ3v) is 4.93. The Kier molecular flexibility index (Phi) is 5.06. The highest BCUT2D eigenvalue weighted by Crippen LogP contribution is 2.20. The predicted octanol–water partition coefficient (Wildman–Crippen LogP) is 1.31. The van der Waals surface area contributed by atoms with E-state index in [0.717, 1.165) is 25.1 Å². The maximum absolute atomic E-state index is 11.9. The van der Waals surface area contributed by atoms with Crippen molar-refractivity contribution in [2.24, 2.45) is 0 Å². The molecular weight excluding hydrogens is 290 g/mol. The fourth-order valence-corrected chi connectivity index (χ4v) is 3.28. The summed E-state index contributed by atoms with van der Waals surface area (Å²) in [6.45, 7) is 6.21. The SMILES string of the molecule is CC(C)N(C)Cc1cnc(S(C)(=O)=O)n1CC1CCCO1. The number of aromatic nitrogens is 2. The maximum atomic E-state index is 11.9. The third kappa shape index (κ3) is 4.05. The van der Waals surface area contributed by atoms with Crippen LogP contribution in [0.15, 0.2) is 11.4 Å². The molecule has 2 rings (SSSR count). The highest BCUT2D eigenvalue weighted by Gasteiger charge is 2.24. The molecule has 0 N–H and O–H groups in total. The van der Waals surface area contributed by atoms with Crippen molar-refractivity contribution in [3.63, 3.8) is 0 Å². The second-order valence-corrected chi connectivity index (χ2v) is 7.97. The fraction of sp³-hybridized carbons (Fsp3) is 0.786. The minimum Gasteiger partial charge on any atom is -0.376 e. The number of rotatable bonds is 6. The molecule has 0 amide bonds. The summed E-state index contributed by atoms with van der Waals surface area (Å²) in [6, 6.07) is 0.387. The Labute approximate surface area is 127 Å². The summed E-state index contributed by atoms with van der Waals surface area (Å²) in [7, 11) is -1.31. The molecule has 1 aromatic heterocycles. The first-order chi connectivity index (χ1) is 9.79. The predicted molar refractivity (Wildman–Crippen MR) is 80.9 cm³/mol. The van der Waals surface area contributed by atoms with Crippen LogP contribution in [-0.4, -0.2) is 54.9 Å². The number of imidazole rings is 1. The van der Waals surface area contributed by atoms with Crippen molar-refractivity contribution in [1.82, 2.24) is 14.5 Å². The molecule has 0 radical (unpaired) electrons. The lowest BCUT2D eigenvalue weighted by Crippen LogP contribution is -2.28. The van der Waals surface area contributed by atoms with E-state index in [4.69, 9.17) is 4.74 Å². The molecule has 0 spiro atoms. The lowest BCUT2D eigenvalue weighted by molar-refractivity contribution is 0.0932. The molecule has 7 heteroatoms. The van der Waals surface area contributed by atoms with E-state index in [1.165, 1.54) is 6.26 Å². The molecule has 1 atom stereocenters. The summed E-state index contributed by atoms with van der Waals surface area (Å²) in [5.74, 6) is 0. The van der Waals surface area contributed by atoms with E-state index >= 15 is 0 Å². The van der Waals surface area contributed by atoms with Gasteiger partial charge in [0.15, 0.2) is 0 Å². The highest BCUT2D eigenvalue weighted by atomic mass is 32.2. The van der Waals surface area contributed by atoms with Gasteiger partial charge in [0, 0.05) is 25.4 Å². The van der Waals surface area contributed by atoms with Crippen LogP contribution in [0.2, 0.25) is 0 Å². The van der Waals surface area contributed by atoms with Crippen molar-refractivity contribution >= 4 is 9.84 Å². The summed E-state index contributed by atoms with van der Waals surface area (Å²) in [4.78, 5) is 6.30. The van der Waals surface area contributed by atoms with Gasteiger partial charge in [-0.3, -0.25) is 4.90 Å². The average molecular weight is 315 g/mol. The lowest BCUT2D eigenvalue weighted by atomic mass is 10.2. The molecular formula is C14H25N3O3S. The van der Waals surface area contributed by atoms with Gasteiger partial charge in [0.2, 0.25) is 15.0 Å². The van der Waals surface area contributed by atoms with Crippen molar-refractivity contribution in [3.05, 3.63) is 11.9 Å². The van der Waals surface area contributed by atoms with Crippen LogP contribution in [0.4, 0.5) is 0 Å². The molecule has 1 aliphatic rings. The van der Waals surface area contributed by atoms with Gasteiger partial charge in [-0.1, -0.05) is 0 Å². The first kappa shape index (κ1) is 16.5. The Hall–Kier alpha value is -0.920. The Balaban J connectivity index is 2.29. The first-order valence-electron chi connectivity index (χ1n) is 7.35. The van der Waals surface area contributed by atoms with Gasteiger partial charge in [-0.05, 0) is 33.7 Å². The molecule has 120 valence electrons. The monoisotopic (exact) mass is 315 g/mol. The molecule has 2 heterocycles. The van der Waals surface area contributed by atoms with Gasteiger partial charge in [-0.25, -0.2) is 13.4 Å². The maximum Gasteiger partial charge on any atom is 0.227 e. The van der Waals surface area contributed by atoms with Crippen LogP contribution in [0.25, 0.3) is 0 Å². The van der Waals surface area contributed by atoms with E-state index in [-0.39, 0.29) is 11.3 Å². The highest BCUT2D eigenvalue weighted by molar-refractivity contribution is 7.90. The third-order valence-electron chi connectivity index (χ3n) is 3.94. The van der Waals surface area contributed by atoms with Crippen molar-refractivity contribution < 1.29 is 13.2 Å². The van der Waals surface area contributed by atoms with E-state index in [2.05, 4.69) is 23.7 Å². The van der Waals surface area contributed by atoms with Gasteiger partial charge in [0.1, 0.15) is 0 Å². The molecule has 1 aliphatic heterocycles. The van der Waals surface area contributed by atoms with Crippen LogP contribution < -0.4 is 0 Å². The molecule has 0 aromatic carbocycles. The number of nitrogens with zero attached hydrogens (tertiary/aromatic N) is 3. The van der Waals surface area contributed by atoms with Crippen molar-refractivity contribution in [3.8, 4) is 0 Å². The van der Waals surface area contributed by atoms with Gasteiger partial charge in [-0.15, -0.1) is 0 Å². The minimum atomic E-state index is -3.33. The molecule has 1 fully saturated rings. The summed E-state index contributed by atoms with van der Waals surface area (Å²) < 4.78 is 31.3. The minimum absolute atomic E-state index is 0.0859. The van der Waals surface area contributed by atoms with Gasteiger partial charge in [-0.2, -0.15) is 0 Å². The largest absolute Gasteiger partial charge is 0.376 e. The van der Waals surface area contributed by atoms with Crippen LogP contribution in [0.1, 0.15) is 32.4 Å². The van der Waals surface area contributed by atoms with E-state index in [1.54, 1.807) is 6.20 Å². The van der Waals surface area contributed by atoms with Crippen LogP contribution >= 0.6 is 0 Å². The molecule has 21 heavy (non-hydrogen) atoms. The summed E-state index contributed by atoms with van der Waals surface area (Å²) >= 11 is 0. The van der Waals surface area contributed by atoms with Crippen LogP contribution in [-0.2, 0) is 27.7 Å². The van der Waals surface area contributed by atoms with Gasteiger partial charge in [0.25, 0.3) is 0 Å². The molecule has 1 aromatic rings. The molecule has 6 nitrogen and oxygen atoms in total. The second kappa shape index (κ2) is 6.46. The van der Waals surface area contributed by atoms with Gasteiger partial charge in [0.05, 0.1) is 24.5 Å². The Morgan fingerprint density at radius 1 is 1.52 bits per heavy atom. The molecule has 1 unspecified atom stereocenters. The topological polar surface area (TPSA) is 64.4 Å². The molecule has 0 saturated carbocycles. The molecule has 0 bridgehead atoms. The van der Waals surface area contributed by atoms with Gasteiger partial charge < -0.3 is 9.30 Å². The molecule has 1 saturated heterocycles. The van der Waals surface area contributed by atoms with Crippen molar-refractivity contribution in [1.29, 1.82) is 0 Å². The average Bonchev–Trinajstić information content (AvgIpc) is 2.99. The van der Waals surface area contributed by atoms with Crippen LogP contribution in [0, 0.1) is 0 Å². The number of sulfone groups is 1. The van der Waals surface area contributed by atoms with E-state index in [0.29, 0.717) is 19.1 Å². The summed E-state index contributed by atoms with van der Waals surface area (Å²) in [5.41, 5.74) is 0.919. The number of hydrogen-bond acceptors (Lipinski definition) is 5. The normalized spacial score (nSPS) is 19.8. The zero-order chi connectivity index (χ0) is 15.6. The lowest BCUT2D eigenvalue weighted by Gasteiger charge is -2.22. The second-order valence-electron chi connectivity index (χ2n) is 6.06. The van der Waals surface area contributed by atoms with Crippen molar-refractivity contribution in [2.45, 2.75) is 57.1 Å². The van der Waals surface area contributed by atoms with E-state index in [9.17, 15) is 8.42 Å². The van der Waals surface area contributed by atoms with Crippen LogP contribution in [0.3, 0.4) is 0 Å². The number of hydrogen-bond donors (Lipinski definition) is 0. The first-order valence-corrected chi connectivity index (χ1v) is 9.24. The standard InChI is InChI=1S/C14H25N3O3S/c1-11(2)16(3)9-12-8-15-14(21(4,18)19)17(12)10-13-6-5-7-20-13/h8,11,13H,5-7,9-10H2,1-4H3. The zero-order valence-electron chi connectivity index (χ0n) is 13.2. The van der Waals surface area contributed by atoms with Crippen molar-refractivity contribution in [2.75, 3.05) is 19.9 Å². The Morgan fingerprint density at radius 3 is 2.76 bits per heavy atom. The fourth-order valence-electron chi connectivity index (χ4n) is 2.44. The smallest absolute Gasteiger partial charge is 0.227 e. The summed E-state index contributed by atoms with van der Waals surface area (Å²) in [5, 5.41) is 0.144. The quantitative estimate of drug-likeness (QED) is 0.792. The van der Waals surface area contributed by atoms with Crippen LogP contribution in [0.5, 0.6) is 0 Å². The molecule has 0 aliphatic carbocycles. The van der Waals surface area contributed by atoms with E-state index in [1.807, 2.05) is 11.6 Å². The summed E-state index contributed by atoms with van der Waals surface area (Å²) in [6.07, 6.45) is 4.97. The Bertz CT molecular complexity index is 574. The number of ether oxygens (including phenoxy) is 1. The Morgan fingerprint density at radius 2 is 2.24 bits per heavy atom. The zero-order valence-corrected chi connectivity index (χ0v) is 14.1.